The van der Waals surface area contributed by atoms with Crippen molar-refractivity contribution in [3.05, 3.63) is 76.5 Å². The molecule has 24 heavy (non-hydrogen) atoms. The van der Waals surface area contributed by atoms with Gasteiger partial charge < -0.3 is 9.52 Å². The Morgan fingerprint density at radius 2 is 1.88 bits per heavy atom. The lowest BCUT2D eigenvalue weighted by molar-refractivity contribution is 0.0697. The van der Waals surface area contributed by atoms with Crippen LogP contribution in [0, 0.1) is 6.92 Å². The smallest absolute Gasteiger partial charge is 0.335 e. The highest BCUT2D eigenvalue weighted by atomic mass is 35.5. The predicted molar refractivity (Wildman–Crippen MR) is 94.5 cm³/mol. The van der Waals surface area contributed by atoms with Crippen molar-refractivity contribution in [1.82, 2.24) is 0 Å². The summed E-state index contributed by atoms with van der Waals surface area (Å²) in [6.07, 6.45) is 1.60. The molecule has 0 saturated carbocycles. The molecule has 0 saturated heterocycles. The van der Waals surface area contributed by atoms with Crippen LogP contribution in [0.5, 0.6) is 0 Å². The molecule has 0 bridgehead atoms. The first-order chi connectivity index (χ1) is 11.5. The number of halogens is 1. The summed E-state index contributed by atoms with van der Waals surface area (Å²) in [7, 11) is 0. The Labute approximate surface area is 144 Å². The third kappa shape index (κ3) is 3.55. The van der Waals surface area contributed by atoms with Crippen LogP contribution in [0.3, 0.4) is 0 Å². The third-order valence-corrected chi connectivity index (χ3v) is 3.78. The molecule has 0 fully saturated rings. The Kier molecular flexibility index (Phi) is 4.49. The molecule has 0 amide bonds. The molecule has 1 aromatic heterocycles. The van der Waals surface area contributed by atoms with Crippen LogP contribution < -0.4 is 0 Å². The topological polar surface area (TPSA) is 62.8 Å². The van der Waals surface area contributed by atoms with E-state index in [1.807, 2.05) is 37.3 Å². The van der Waals surface area contributed by atoms with Gasteiger partial charge in [0.25, 0.3) is 0 Å². The van der Waals surface area contributed by atoms with Gasteiger partial charge in [0.15, 0.2) is 0 Å². The Morgan fingerprint density at radius 3 is 2.58 bits per heavy atom. The molecule has 1 heterocycles. The van der Waals surface area contributed by atoms with Crippen LogP contribution in [0.1, 0.15) is 21.7 Å². The molecule has 3 rings (SSSR count). The van der Waals surface area contributed by atoms with Crippen molar-refractivity contribution in [3.63, 3.8) is 0 Å². The highest BCUT2D eigenvalue weighted by Crippen LogP contribution is 2.28. The number of aromatic carboxylic acids is 1. The SMILES string of the molecule is Cc1ccc(Cl)cc1-c1ccc(C=Nc2ccc(C(=O)O)cc2)o1. The van der Waals surface area contributed by atoms with E-state index in [4.69, 9.17) is 21.1 Å². The van der Waals surface area contributed by atoms with E-state index in [1.165, 1.54) is 12.1 Å². The van der Waals surface area contributed by atoms with E-state index in [9.17, 15) is 4.79 Å². The summed E-state index contributed by atoms with van der Waals surface area (Å²) in [6.45, 7) is 1.99. The van der Waals surface area contributed by atoms with E-state index < -0.39 is 5.97 Å². The van der Waals surface area contributed by atoms with Crippen LogP contribution in [-0.4, -0.2) is 17.3 Å². The maximum absolute atomic E-state index is 10.8. The molecule has 0 spiro atoms. The van der Waals surface area contributed by atoms with E-state index in [2.05, 4.69) is 4.99 Å². The second-order valence-electron chi connectivity index (χ2n) is 5.27. The van der Waals surface area contributed by atoms with Gasteiger partial charge in [-0.05, 0) is 61.0 Å². The summed E-state index contributed by atoms with van der Waals surface area (Å²) in [4.78, 5) is 15.1. The molecule has 4 nitrogen and oxygen atoms in total. The number of carbonyl (C=O) groups is 1. The minimum absolute atomic E-state index is 0.227. The minimum atomic E-state index is -0.960. The molecular formula is C19H14ClNO3. The van der Waals surface area contributed by atoms with Gasteiger partial charge >= 0.3 is 5.97 Å². The predicted octanol–water partition coefficient (Wildman–Crippen LogP) is 5.36. The number of nitrogens with zero attached hydrogens (tertiary/aromatic N) is 1. The summed E-state index contributed by atoms with van der Waals surface area (Å²) >= 11 is 6.04. The molecule has 1 N–H and O–H groups in total. The van der Waals surface area contributed by atoms with Crippen molar-refractivity contribution in [3.8, 4) is 11.3 Å². The van der Waals surface area contributed by atoms with Crippen LogP contribution in [-0.2, 0) is 0 Å². The van der Waals surface area contributed by atoms with Crippen LogP contribution >= 0.6 is 11.6 Å². The lowest BCUT2D eigenvalue weighted by Crippen LogP contribution is -1.94. The van der Waals surface area contributed by atoms with Crippen LogP contribution in [0.4, 0.5) is 5.69 Å². The van der Waals surface area contributed by atoms with E-state index in [0.717, 1.165) is 16.9 Å². The molecule has 5 heteroatoms. The third-order valence-electron chi connectivity index (χ3n) is 3.55. The molecule has 0 unspecified atom stereocenters. The number of hydrogen-bond donors (Lipinski definition) is 1. The molecule has 0 atom stereocenters. The van der Waals surface area contributed by atoms with E-state index in [1.54, 1.807) is 18.3 Å². The number of benzene rings is 2. The summed E-state index contributed by atoms with van der Waals surface area (Å²) in [5, 5.41) is 9.53. The van der Waals surface area contributed by atoms with Crippen molar-refractivity contribution in [2.45, 2.75) is 6.92 Å². The van der Waals surface area contributed by atoms with Gasteiger partial charge in [-0.25, -0.2) is 4.79 Å². The zero-order chi connectivity index (χ0) is 17.1. The number of furan rings is 1. The van der Waals surface area contributed by atoms with Crippen molar-refractivity contribution < 1.29 is 14.3 Å². The Balaban J connectivity index is 1.80. The van der Waals surface area contributed by atoms with Gasteiger partial charge in [0, 0.05) is 10.6 Å². The monoisotopic (exact) mass is 339 g/mol. The first kappa shape index (κ1) is 16.0. The maximum Gasteiger partial charge on any atom is 0.335 e. The first-order valence-electron chi connectivity index (χ1n) is 7.27. The molecule has 0 aliphatic carbocycles. The van der Waals surface area contributed by atoms with Gasteiger partial charge in [0.05, 0.1) is 17.5 Å². The average Bonchev–Trinajstić information content (AvgIpc) is 3.04. The number of carboxylic acids is 1. The summed E-state index contributed by atoms with van der Waals surface area (Å²) in [5.41, 5.74) is 2.89. The van der Waals surface area contributed by atoms with Gasteiger partial charge in [-0.15, -0.1) is 0 Å². The number of rotatable bonds is 4. The van der Waals surface area contributed by atoms with Crippen LogP contribution in [0.15, 0.2) is 64.0 Å². The van der Waals surface area contributed by atoms with Gasteiger partial charge in [-0.3, -0.25) is 4.99 Å². The normalized spacial score (nSPS) is 11.1. The lowest BCUT2D eigenvalue weighted by atomic mass is 10.1. The molecule has 3 aromatic rings. The minimum Gasteiger partial charge on any atom is -0.478 e. The number of hydrogen-bond acceptors (Lipinski definition) is 3. The molecule has 0 aliphatic rings. The van der Waals surface area contributed by atoms with Crippen molar-refractivity contribution >= 4 is 29.5 Å². The summed E-state index contributed by atoms with van der Waals surface area (Å²) in [5.74, 6) is 0.363. The summed E-state index contributed by atoms with van der Waals surface area (Å²) in [6, 6.07) is 15.6. The highest BCUT2D eigenvalue weighted by molar-refractivity contribution is 6.30. The Bertz CT molecular complexity index is 911. The number of aryl methyl sites for hydroxylation is 1. The quantitative estimate of drug-likeness (QED) is 0.651. The van der Waals surface area contributed by atoms with E-state index in [-0.39, 0.29) is 5.56 Å². The van der Waals surface area contributed by atoms with Crippen molar-refractivity contribution in [1.29, 1.82) is 0 Å². The summed E-state index contributed by atoms with van der Waals surface area (Å²) < 4.78 is 5.79. The van der Waals surface area contributed by atoms with Crippen LogP contribution in [0.2, 0.25) is 5.02 Å². The fourth-order valence-electron chi connectivity index (χ4n) is 2.25. The second kappa shape index (κ2) is 6.72. The number of carboxylic acid groups (broad SMARTS) is 1. The number of aliphatic imine (C=N–C) groups is 1. The van der Waals surface area contributed by atoms with Crippen molar-refractivity contribution in [2.75, 3.05) is 0 Å². The van der Waals surface area contributed by atoms with E-state index >= 15 is 0 Å². The Morgan fingerprint density at radius 1 is 1.12 bits per heavy atom. The molecule has 2 aromatic carbocycles. The second-order valence-corrected chi connectivity index (χ2v) is 5.71. The fraction of sp³-hybridized carbons (Fsp3) is 0.0526. The maximum atomic E-state index is 10.8. The largest absolute Gasteiger partial charge is 0.478 e. The molecular weight excluding hydrogens is 326 g/mol. The average molecular weight is 340 g/mol. The van der Waals surface area contributed by atoms with Gasteiger partial charge in [0.1, 0.15) is 11.5 Å². The standard InChI is InChI=1S/C19H14ClNO3/c1-12-2-5-14(20)10-17(12)18-9-8-16(24-18)11-21-15-6-3-13(4-7-15)19(22)23/h2-11H,1H3,(H,22,23). The van der Waals surface area contributed by atoms with Gasteiger partial charge in [-0.1, -0.05) is 17.7 Å². The van der Waals surface area contributed by atoms with Crippen molar-refractivity contribution in [2.24, 2.45) is 4.99 Å². The zero-order valence-corrected chi connectivity index (χ0v) is 13.6. The lowest BCUT2D eigenvalue weighted by Gasteiger charge is -2.02. The highest BCUT2D eigenvalue weighted by Gasteiger charge is 2.07. The zero-order valence-electron chi connectivity index (χ0n) is 12.9. The van der Waals surface area contributed by atoms with Crippen LogP contribution in [0.25, 0.3) is 11.3 Å². The van der Waals surface area contributed by atoms with E-state index in [0.29, 0.717) is 16.5 Å². The van der Waals surface area contributed by atoms with Gasteiger partial charge in [0.2, 0.25) is 0 Å². The molecule has 120 valence electrons. The fourth-order valence-corrected chi connectivity index (χ4v) is 2.43. The molecule has 0 radical (unpaired) electrons. The Hall–Kier alpha value is -2.85. The first-order valence-corrected chi connectivity index (χ1v) is 7.64. The molecule has 0 aliphatic heterocycles. The van der Waals surface area contributed by atoms with Gasteiger partial charge in [-0.2, -0.15) is 0 Å².